The predicted octanol–water partition coefficient (Wildman–Crippen LogP) is 9.41. The molecule has 0 radical (unpaired) electrons. The molecule has 0 spiro atoms. The van der Waals surface area contributed by atoms with Gasteiger partial charge < -0.3 is 15.0 Å². The summed E-state index contributed by atoms with van der Waals surface area (Å²) in [6.45, 7) is 2.01. The highest BCUT2D eigenvalue weighted by Crippen LogP contribution is 2.46. The molecule has 0 bridgehead atoms. The molecular formula is C41H37FN4OS2. The van der Waals surface area contributed by atoms with Crippen LogP contribution in [0.25, 0.3) is 22.4 Å². The molecule has 1 heterocycles. The maximum absolute atomic E-state index is 13.9. The average Bonchev–Trinajstić information content (AvgIpc) is 3.93. The van der Waals surface area contributed by atoms with Gasteiger partial charge in [-0.25, -0.2) is 4.39 Å². The Morgan fingerprint density at radius 3 is 2.47 bits per heavy atom. The zero-order chi connectivity index (χ0) is 33.7. The van der Waals surface area contributed by atoms with Crippen LogP contribution in [-0.2, 0) is 0 Å². The zero-order valence-electron chi connectivity index (χ0n) is 27.2. The van der Waals surface area contributed by atoms with E-state index in [4.69, 9.17) is 5.73 Å². The Hall–Kier alpha value is -4.68. The fourth-order valence-corrected chi connectivity index (χ4v) is 7.81. The number of allylic oxidation sites excluding steroid dienone is 5. The average molecular weight is 685 g/mol. The number of nitrogens with zero attached hydrogens (tertiary/aromatic N) is 1. The van der Waals surface area contributed by atoms with Crippen molar-refractivity contribution in [3.8, 4) is 34.2 Å². The molecule has 8 heteroatoms. The maximum Gasteiger partial charge on any atom is 0.152 e. The summed E-state index contributed by atoms with van der Waals surface area (Å²) in [7, 11) is 0. The number of carbonyl (C=O) groups is 1. The number of benzene rings is 3. The highest BCUT2D eigenvalue weighted by atomic mass is 32.2. The van der Waals surface area contributed by atoms with Gasteiger partial charge in [0.25, 0.3) is 0 Å². The number of carbonyl (C=O) groups excluding carboxylic acids is 1. The van der Waals surface area contributed by atoms with Gasteiger partial charge in [-0.15, -0.1) is 0 Å². The first-order valence-electron chi connectivity index (χ1n) is 16.5. The zero-order valence-corrected chi connectivity index (χ0v) is 28.8. The van der Waals surface area contributed by atoms with Gasteiger partial charge in [0.05, 0.1) is 11.7 Å². The summed E-state index contributed by atoms with van der Waals surface area (Å²) in [5, 5.41) is 0. The third kappa shape index (κ3) is 7.65. The largest absolute Gasteiger partial charge is 0.401 e. The van der Waals surface area contributed by atoms with Crippen molar-refractivity contribution in [2.45, 2.75) is 56.0 Å². The van der Waals surface area contributed by atoms with E-state index in [1.165, 1.54) is 12.1 Å². The number of nitrogens with two attached hydrogens (primary N) is 1. The van der Waals surface area contributed by atoms with Gasteiger partial charge in [0.1, 0.15) is 5.82 Å². The minimum Gasteiger partial charge on any atom is -0.401 e. The van der Waals surface area contributed by atoms with Crippen molar-refractivity contribution in [1.82, 2.24) is 14.0 Å². The van der Waals surface area contributed by atoms with Crippen LogP contribution in [0.2, 0.25) is 0 Å². The van der Waals surface area contributed by atoms with Crippen LogP contribution in [0.3, 0.4) is 0 Å². The Balaban J connectivity index is 1.02. The lowest BCUT2D eigenvalue weighted by atomic mass is 9.96. The molecular weight excluding hydrogens is 648 g/mol. The third-order valence-electron chi connectivity index (χ3n) is 8.94. The van der Waals surface area contributed by atoms with Crippen LogP contribution in [0.15, 0.2) is 130 Å². The fraction of sp³-hybridized carbons (Fsp3) is 0.195. The lowest BCUT2D eigenvalue weighted by molar-refractivity contribution is 0.112. The minimum absolute atomic E-state index is 0.102. The smallest absolute Gasteiger partial charge is 0.152 e. The molecule has 1 unspecified atom stereocenters. The first-order valence-corrected chi connectivity index (χ1v) is 18.2. The Bertz CT molecular complexity index is 2060. The molecule has 4 N–H and O–H groups in total. The van der Waals surface area contributed by atoms with Crippen molar-refractivity contribution >= 4 is 30.2 Å². The van der Waals surface area contributed by atoms with E-state index in [1.807, 2.05) is 49.4 Å². The normalized spacial score (nSPS) is 17.2. The number of nitrogens with one attached hydrogen (secondary N) is 2. The SMILES string of the molecule is Cc1c(C=O)c(-c2cccc(C#CC3=CC=C(NSC4=CCC(NSc5ccccc5)C(N)=C4)CC3)c2)c(-c2ccc(F)cc2)n1C1CC1. The molecule has 3 aliphatic rings. The molecule has 3 aromatic carbocycles. The van der Waals surface area contributed by atoms with E-state index in [0.29, 0.717) is 11.6 Å². The van der Waals surface area contributed by atoms with Crippen LogP contribution in [0, 0.1) is 24.6 Å². The summed E-state index contributed by atoms with van der Waals surface area (Å²) in [5.41, 5.74) is 15.6. The maximum atomic E-state index is 13.9. The molecule has 3 aliphatic carbocycles. The first kappa shape index (κ1) is 32.8. The minimum atomic E-state index is -0.280. The fourth-order valence-electron chi connectivity index (χ4n) is 6.21. The van der Waals surface area contributed by atoms with E-state index in [0.717, 1.165) is 98.8 Å². The number of aromatic nitrogens is 1. The van der Waals surface area contributed by atoms with E-state index < -0.39 is 0 Å². The van der Waals surface area contributed by atoms with Crippen LogP contribution >= 0.6 is 23.9 Å². The molecule has 0 saturated heterocycles. The summed E-state index contributed by atoms with van der Waals surface area (Å²) >= 11 is 3.19. The summed E-state index contributed by atoms with van der Waals surface area (Å²) in [5.74, 6) is 6.45. The van der Waals surface area contributed by atoms with Gasteiger partial charge in [0, 0.05) is 55.2 Å². The number of halogens is 1. The summed E-state index contributed by atoms with van der Waals surface area (Å²) < 4.78 is 23.1. The van der Waals surface area contributed by atoms with Gasteiger partial charge in [-0.3, -0.25) is 9.52 Å². The number of aldehydes is 1. The van der Waals surface area contributed by atoms with Crippen molar-refractivity contribution in [3.05, 3.63) is 148 Å². The molecule has 5 nitrogen and oxygen atoms in total. The lowest BCUT2D eigenvalue weighted by Crippen LogP contribution is -2.30. The number of hydrogen-bond acceptors (Lipinski definition) is 6. The second-order valence-electron chi connectivity index (χ2n) is 12.4. The van der Waals surface area contributed by atoms with Crippen molar-refractivity contribution in [2.24, 2.45) is 5.73 Å². The molecule has 1 aromatic heterocycles. The molecule has 0 amide bonds. The van der Waals surface area contributed by atoms with E-state index in [1.54, 1.807) is 36.0 Å². The quantitative estimate of drug-likeness (QED) is 0.0879. The van der Waals surface area contributed by atoms with Gasteiger partial charge in [-0.2, -0.15) is 0 Å². The molecule has 246 valence electrons. The van der Waals surface area contributed by atoms with Crippen LogP contribution in [0.4, 0.5) is 4.39 Å². The monoisotopic (exact) mass is 684 g/mol. The van der Waals surface area contributed by atoms with E-state index >= 15 is 0 Å². The van der Waals surface area contributed by atoms with Crippen molar-refractivity contribution < 1.29 is 9.18 Å². The van der Waals surface area contributed by atoms with Crippen LogP contribution in [0.5, 0.6) is 0 Å². The Morgan fingerprint density at radius 1 is 0.939 bits per heavy atom. The second kappa shape index (κ2) is 14.8. The molecule has 1 fully saturated rings. The Morgan fingerprint density at radius 2 is 1.76 bits per heavy atom. The number of hydrogen-bond donors (Lipinski definition) is 3. The third-order valence-corrected chi connectivity index (χ3v) is 10.7. The molecule has 4 aromatic rings. The van der Waals surface area contributed by atoms with E-state index in [-0.39, 0.29) is 11.9 Å². The molecule has 49 heavy (non-hydrogen) atoms. The molecule has 1 atom stereocenters. The highest BCUT2D eigenvalue weighted by molar-refractivity contribution is 8.01. The standard InChI is InChI=1S/C41H37FN4OS2/c1-27-37(26-47)40(41(46(27)34-20-21-34)30-14-16-32(42)17-15-30)31-7-5-6-29(24-31)11-10-28-12-18-33(19-13-28)44-49-36-22-23-39(38(43)25-36)45-48-35-8-3-2-4-9-35/h2-9,12,14-18,22,24-26,34,39,44-45H,13,19-21,23,43H2,1H3. The van der Waals surface area contributed by atoms with Crippen molar-refractivity contribution in [3.63, 3.8) is 0 Å². The lowest BCUT2D eigenvalue weighted by Gasteiger charge is -2.22. The summed E-state index contributed by atoms with van der Waals surface area (Å²) in [4.78, 5) is 14.7. The Kier molecular flexibility index (Phi) is 9.94. The van der Waals surface area contributed by atoms with Crippen molar-refractivity contribution in [1.29, 1.82) is 0 Å². The Labute approximate surface area is 295 Å². The van der Waals surface area contributed by atoms with Gasteiger partial charge in [-0.1, -0.05) is 48.2 Å². The van der Waals surface area contributed by atoms with Crippen molar-refractivity contribution in [2.75, 3.05) is 0 Å². The van der Waals surface area contributed by atoms with Crippen LogP contribution in [0.1, 0.15) is 59.8 Å². The topological polar surface area (TPSA) is 72.1 Å². The van der Waals surface area contributed by atoms with Crippen LogP contribution in [-0.4, -0.2) is 16.9 Å². The summed E-state index contributed by atoms with van der Waals surface area (Å²) in [6, 6.07) is 25.3. The van der Waals surface area contributed by atoms with Gasteiger partial charge in [0.15, 0.2) is 6.29 Å². The molecule has 1 saturated carbocycles. The van der Waals surface area contributed by atoms with Gasteiger partial charge in [0.2, 0.25) is 0 Å². The van der Waals surface area contributed by atoms with Gasteiger partial charge in [-0.05, 0) is 141 Å². The predicted molar refractivity (Wildman–Crippen MR) is 201 cm³/mol. The first-order chi connectivity index (χ1) is 24.0. The summed E-state index contributed by atoms with van der Waals surface area (Å²) in [6.07, 6.45) is 14.1. The second-order valence-corrected chi connectivity index (χ2v) is 14.2. The number of rotatable bonds is 10. The molecule has 7 rings (SSSR count). The van der Waals surface area contributed by atoms with Crippen LogP contribution < -0.4 is 15.2 Å². The highest BCUT2D eigenvalue weighted by Gasteiger charge is 2.32. The van der Waals surface area contributed by atoms with E-state index in [2.05, 4.69) is 62.3 Å². The van der Waals surface area contributed by atoms with Gasteiger partial charge >= 0.3 is 0 Å². The van der Waals surface area contributed by atoms with E-state index in [9.17, 15) is 9.18 Å². The molecule has 0 aliphatic heterocycles.